The van der Waals surface area contributed by atoms with E-state index in [1.54, 1.807) is 57.2 Å². The highest BCUT2D eigenvalue weighted by Crippen LogP contribution is 2.20. The van der Waals surface area contributed by atoms with Crippen molar-refractivity contribution in [3.05, 3.63) is 65.2 Å². The van der Waals surface area contributed by atoms with Crippen LogP contribution in [0, 0.1) is 5.41 Å². The second-order valence-electron chi connectivity index (χ2n) is 6.93. The average Bonchev–Trinajstić information content (AvgIpc) is 2.59. The van der Waals surface area contributed by atoms with Crippen LogP contribution in [0.5, 0.6) is 0 Å². The molecule has 6 nitrogen and oxygen atoms in total. The van der Waals surface area contributed by atoms with Crippen LogP contribution in [0.25, 0.3) is 0 Å². The van der Waals surface area contributed by atoms with Crippen LogP contribution >= 0.6 is 0 Å². The summed E-state index contributed by atoms with van der Waals surface area (Å²) in [7, 11) is 0. The summed E-state index contributed by atoms with van der Waals surface area (Å²) in [5.41, 5.74) is 1.21. The summed E-state index contributed by atoms with van der Waals surface area (Å²) in [5.74, 6) is -1.50. The zero-order valence-electron chi connectivity index (χ0n) is 15.0. The summed E-state index contributed by atoms with van der Waals surface area (Å²) in [6.45, 7) is 5.64. The van der Waals surface area contributed by atoms with Crippen molar-refractivity contribution >= 4 is 23.5 Å². The maximum Gasteiger partial charge on any atom is 0.335 e. The van der Waals surface area contributed by atoms with Crippen LogP contribution in [-0.4, -0.2) is 22.9 Å². The summed E-state index contributed by atoms with van der Waals surface area (Å²) in [4.78, 5) is 35.5. The molecule has 2 aromatic rings. The van der Waals surface area contributed by atoms with Gasteiger partial charge in [-0.3, -0.25) is 9.59 Å². The van der Waals surface area contributed by atoms with Gasteiger partial charge in [0, 0.05) is 12.0 Å². The van der Waals surface area contributed by atoms with Crippen LogP contribution in [0.15, 0.2) is 48.5 Å². The Bertz CT molecular complexity index is 820. The van der Waals surface area contributed by atoms with Crippen molar-refractivity contribution in [3.8, 4) is 0 Å². The average molecular weight is 354 g/mol. The normalized spacial score (nSPS) is 10.9. The molecule has 0 aromatic heterocycles. The molecule has 0 fully saturated rings. The van der Waals surface area contributed by atoms with Crippen molar-refractivity contribution in [1.82, 2.24) is 5.32 Å². The maximum atomic E-state index is 12.5. The van der Waals surface area contributed by atoms with Crippen molar-refractivity contribution in [1.29, 1.82) is 0 Å². The summed E-state index contributed by atoms with van der Waals surface area (Å²) < 4.78 is 0. The number of carboxylic acids is 1. The summed E-state index contributed by atoms with van der Waals surface area (Å²) in [5, 5.41) is 14.5. The number of benzene rings is 2. The van der Waals surface area contributed by atoms with Gasteiger partial charge in [-0.05, 0) is 29.8 Å². The Kier molecular flexibility index (Phi) is 5.77. The number of carbonyl (C=O) groups excluding carboxylic acids is 2. The number of carbonyl (C=O) groups is 3. The van der Waals surface area contributed by atoms with E-state index in [1.807, 2.05) is 0 Å². The molecule has 136 valence electrons. The van der Waals surface area contributed by atoms with E-state index >= 15 is 0 Å². The number of para-hydroxylation sites is 1. The Morgan fingerprint density at radius 2 is 1.58 bits per heavy atom. The second kappa shape index (κ2) is 7.82. The lowest BCUT2D eigenvalue weighted by Gasteiger charge is -2.19. The van der Waals surface area contributed by atoms with Crippen molar-refractivity contribution in [2.75, 3.05) is 5.32 Å². The fraction of sp³-hybridized carbons (Fsp3) is 0.250. The summed E-state index contributed by atoms with van der Waals surface area (Å²) in [6, 6.07) is 13.1. The predicted molar refractivity (Wildman–Crippen MR) is 99.1 cm³/mol. The van der Waals surface area contributed by atoms with Crippen LogP contribution in [0.1, 0.15) is 47.1 Å². The molecule has 0 spiro atoms. The van der Waals surface area contributed by atoms with Crippen molar-refractivity contribution < 1.29 is 19.5 Å². The summed E-state index contributed by atoms with van der Waals surface area (Å²) in [6.07, 6.45) is 0. The molecule has 0 aliphatic carbocycles. The van der Waals surface area contributed by atoms with E-state index in [2.05, 4.69) is 10.6 Å². The first-order chi connectivity index (χ1) is 12.2. The molecule has 6 heteroatoms. The standard InChI is InChI=1S/C20H22N2O4/c1-20(2,3)19(26)22-16-7-5-4-6-15(16)17(23)21-12-13-8-10-14(11-9-13)18(24)25/h4-11H,12H2,1-3H3,(H,21,23)(H,22,26)(H,24,25). The molecule has 0 atom stereocenters. The lowest BCUT2D eigenvalue weighted by atomic mass is 9.95. The highest BCUT2D eigenvalue weighted by molar-refractivity contribution is 6.04. The number of amides is 2. The molecule has 0 saturated carbocycles. The third-order valence-electron chi connectivity index (χ3n) is 3.76. The molecule has 2 rings (SSSR count). The largest absolute Gasteiger partial charge is 0.478 e. The van der Waals surface area contributed by atoms with E-state index in [0.29, 0.717) is 11.3 Å². The highest BCUT2D eigenvalue weighted by Gasteiger charge is 2.23. The van der Waals surface area contributed by atoms with Crippen LogP contribution in [0.4, 0.5) is 5.69 Å². The first-order valence-corrected chi connectivity index (χ1v) is 8.19. The number of nitrogens with one attached hydrogen (secondary N) is 2. The van der Waals surface area contributed by atoms with E-state index in [4.69, 9.17) is 5.11 Å². The molecule has 0 bridgehead atoms. The molecule has 0 aliphatic rings. The van der Waals surface area contributed by atoms with Crippen LogP contribution in [0.3, 0.4) is 0 Å². The number of rotatable bonds is 5. The maximum absolute atomic E-state index is 12.5. The number of carboxylic acid groups (broad SMARTS) is 1. The number of hydrogen-bond donors (Lipinski definition) is 3. The van der Waals surface area contributed by atoms with Crippen molar-refractivity contribution in [2.24, 2.45) is 5.41 Å². The minimum absolute atomic E-state index is 0.179. The molecule has 26 heavy (non-hydrogen) atoms. The Hall–Kier alpha value is -3.15. The predicted octanol–water partition coefficient (Wildman–Crippen LogP) is 3.30. The topological polar surface area (TPSA) is 95.5 Å². The molecule has 0 aliphatic heterocycles. The van der Waals surface area contributed by atoms with Gasteiger partial charge < -0.3 is 15.7 Å². The smallest absolute Gasteiger partial charge is 0.335 e. The molecular weight excluding hydrogens is 332 g/mol. The van der Waals surface area contributed by atoms with Crippen LogP contribution in [0.2, 0.25) is 0 Å². The molecular formula is C20H22N2O4. The lowest BCUT2D eigenvalue weighted by molar-refractivity contribution is -0.123. The van der Waals surface area contributed by atoms with Crippen LogP contribution < -0.4 is 10.6 Å². The third-order valence-corrected chi connectivity index (χ3v) is 3.76. The van der Waals surface area contributed by atoms with Crippen LogP contribution in [-0.2, 0) is 11.3 Å². The van der Waals surface area contributed by atoms with Gasteiger partial charge in [-0.1, -0.05) is 45.0 Å². The first kappa shape index (κ1) is 19.2. The quantitative estimate of drug-likeness (QED) is 0.768. The zero-order chi connectivity index (χ0) is 19.3. The third kappa shape index (κ3) is 4.92. The fourth-order valence-corrected chi connectivity index (χ4v) is 2.14. The number of anilines is 1. The van der Waals surface area contributed by atoms with Gasteiger partial charge >= 0.3 is 5.97 Å². The van der Waals surface area contributed by atoms with Gasteiger partial charge in [0.15, 0.2) is 0 Å². The molecule has 2 amide bonds. The van der Waals surface area contributed by atoms with E-state index in [9.17, 15) is 14.4 Å². The lowest BCUT2D eigenvalue weighted by Crippen LogP contribution is -2.30. The molecule has 3 N–H and O–H groups in total. The Labute approximate surface area is 152 Å². The van der Waals surface area contributed by atoms with Crippen molar-refractivity contribution in [3.63, 3.8) is 0 Å². The van der Waals surface area contributed by atoms with Gasteiger partial charge in [0.2, 0.25) is 5.91 Å². The van der Waals surface area contributed by atoms with Gasteiger partial charge in [-0.2, -0.15) is 0 Å². The zero-order valence-corrected chi connectivity index (χ0v) is 15.0. The fourth-order valence-electron chi connectivity index (χ4n) is 2.14. The Balaban J connectivity index is 2.08. The Morgan fingerprint density at radius 1 is 0.962 bits per heavy atom. The van der Waals surface area contributed by atoms with Crippen molar-refractivity contribution in [2.45, 2.75) is 27.3 Å². The van der Waals surface area contributed by atoms with Gasteiger partial charge in [-0.15, -0.1) is 0 Å². The second-order valence-corrected chi connectivity index (χ2v) is 6.93. The monoisotopic (exact) mass is 354 g/mol. The summed E-state index contributed by atoms with van der Waals surface area (Å²) >= 11 is 0. The van der Waals surface area contributed by atoms with Gasteiger partial charge in [-0.25, -0.2) is 4.79 Å². The first-order valence-electron chi connectivity index (χ1n) is 8.19. The van der Waals surface area contributed by atoms with Gasteiger partial charge in [0.25, 0.3) is 5.91 Å². The van der Waals surface area contributed by atoms with E-state index < -0.39 is 11.4 Å². The number of hydrogen-bond acceptors (Lipinski definition) is 3. The van der Waals surface area contributed by atoms with E-state index in [-0.39, 0.29) is 23.9 Å². The minimum atomic E-state index is -0.996. The molecule has 0 radical (unpaired) electrons. The van der Waals surface area contributed by atoms with Gasteiger partial charge in [0.05, 0.1) is 16.8 Å². The minimum Gasteiger partial charge on any atom is -0.478 e. The molecule has 0 heterocycles. The molecule has 2 aromatic carbocycles. The SMILES string of the molecule is CC(C)(C)C(=O)Nc1ccccc1C(=O)NCc1ccc(C(=O)O)cc1. The van der Waals surface area contributed by atoms with E-state index in [0.717, 1.165) is 5.56 Å². The van der Waals surface area contributed by atoms with E-state index in [1.165, 1.54) is 12.1 Å². The van der Waals surface area contributed by atoms with Gasteiger partial charge in [0.1, 0.15) is 0 Å². The molecule has 0 unspecified atom stereocenters. The number of aromatic carboxylic acids is 1. The molecule has 0 saturated heterocycles. The highest BCUT2D eigenvalue weighted by atomic mass is 16.4. The Morgan fingerprint density at radius 3 is 2.15 bits per heavy atom.